The van der Waals surface area contributed by atoms with Crippen LogP contribution < -0.4 is 0 Å². The molecule has 11 heavy (non-hydrogen) atoms. The van der Waals surface area contributed by atoms with Gasteiger partial charge in [0.25, 0.3) is 0 Å². The van der Waals surface area contributed by atoms with E-state index in [1.165, 1.54) is 0 Å². The molecule has 0 aromatic carbocycles. The molecule has 11 heteroatoms. The third kappa shape index (κ3) is 117. The zero-order valence-electron chi connectivity index (χ0n) is 4.61. The van der Waals surface area contributed by atoms with E-state index in [0.29, 0.717) is 0 Å². The van der Waals surface area contributed by atoms with Gasteiger partial charge in [0.1, 0.15) is 0 Å². The summed E-state index contributed by atoms with van der Waals surface area (Å²) < 4.78 is 0. The molecule has 0 atom stereocenters. The van der Waals surface area contributed by atoms with Crippen LogP contribution in [0.1, 0.15) is 0 Å². The van der Waals surface area contributed by atoms with E-state index in [1.807, 2.05) is 0 Å². The maximum atomic E-state index is 0. The average molecular weight is 512 g/mol. The molecule has 0 spiro atoms. The van der Waals surface area contributed by atoms with Crippen LogP contribution in [-0.2, 0) is 81.8 Å². The van der Waals surface area contributed by atoms with Gasteiger partial charge in [-0.15, -0.1) is 0 Å². The van der Waals surface area contributed by atoms with Crippen LogP contribution in [0.15, 0.2) is 0 Å². The molecule has 0 amide bonds. The van der Waals surface area contributed by atoms with Crippen molar-refractivity contribution >= 4 is 0 Å². The summed E-state index contributed by atoms with van der Waals surface area (Å²) in [6, 6.07) is 0. The van der Waals surface area contributed by atoms with Gasteiger partial charge in [-0.2, -0.15) is 0 Å². The van der Waals surface area contributed by atoms with Crippen molar-refractivity contribution in [3.8, 4) is 0 Å². The average Bonchev–Trinajstić information content (AvgIpc) is 0. The zero-order valence-corrected chi connectivity index (χ0v) is 12.6. The van der Waals surface area contributed by atoms with Gasteiger partial charge in [0, 0.05) is 0 Å². The Balaban J connectivity index is 0. The summed E-state index contributed by atoms with van der Waals surface area (Å²) in [4.78, 5) is 0. The summed E-state index contributed by atoms with van der Waals surface area (Å²) in [7, 11) is 0. The number of rotatable bonds is 0. The first-order chi connectivity index (χ1) is 0. The first-order valence-corrected chi connectivity index (χ1v) is 0. The van der Waals surface area contributed by atoms with E-state index in [1.54, 1.807) is 0 Å². The quantitative estimate of drug-likeness (QED) is 0.366. The second-order valence-corrected chi connectivity index (χ2v) is 0. The molecule has 64 valence electrons. The predicted octanol–water partition coefficient (Wildman–Crippen LogP) is -0.837. The second kappa shape index (κ2) is 136. The molecule has 0 fully saturated rings. The van der Waals surface area contributed by atoms with Gasteiger partial charge in [-0.25, -0.2) is 0 Å². The predicted molar refractivity (Wildman–Crippen MR) is 4.81 cm³/mol. The molecular weight excluding hydrogens is 512 g/mol. The van der Waals surface area contributed by atoms with Crippen molar-refractivity contribution in [1.82, 2.24) is 0 Å². The van der Waals surface area contributed by atoms with Crippen LogP contribution in [0.2, 0.25) is 0 Å². The Bertz CT molecular complexity index is 14.4. The van der Waals surface area contributed by atoms with Crippen LogP contribution in [0.25, 0.3) is 0 Å². The molecule has 0 aliphatic heterocycles. The second-order valence-electron chi connectivity index (χ2n) is 0. The molecule has 0 saturated heterocycles. The van der Waals surface area contributed by atoms with Crippen molar-refractivity contribution in [3.05, 3.63) is 0 Å². The van der Waals surface area contributed by atoms with Gasteiger partial charge < -0.3 is 38.3 Å². The van der Waals surface area contributed by atoms with Crippen LogP contribution in [0.3, 0.4) is 0 Å². The molecule has 0 aromatic rings. The fraction of sp³-hybridized carbons (Fsp3) is 0. The Labute approximate surface area is 176 Å². The summed E-state index contributed by atoms with van der Waals surface area (Å²) in [5, 5.41) is 0. The molecular formula is Eu2O7Ti2. The topological polar surface area (TPSA) is 200 Å². The van der Waals surface area contributed by atoms with Gasteiger partial charge in [-0.1, -0.05) is 0 Å². The van der Waals surface area contributed by atoms with E-state index in [2.05, 4.69) is 0 Å². The van der Waals surface area contributed by atoms with E-state index < -0.39 is 0 Å². The first-order valence-electron chi connectivity index (χ1n) is 0. The summed E-state index contributed by atoms with van der Waals surface area (Å²) in [5.41, 5.74) is 0. The maximum Gasteiger partial charge on any atom is 4.00 e. The van der Waals surface area contributed by atoms with Gasteiger partial charge in [0.05, 0.1) is 0 Å². The molecule has 0 saturated carbocycles. The fourth-order valence-electron chi connectivity index (χ4n) is 0. The summed E-state index contributed by atoms with van der Waals surface area (Å²) in [6.07, 6.45) is 0. The van der Waals surface area contributed by atoms with Crippen molar-refractivity contribution in [1.29, 1.82) is 0 Å². The monoisotopic (exact) mass is 514 g/mol. The Morgan fingerprint density at radius 2 is 0.273 bits per heavy atom. The van der Waals surface area contributed by atoms with Gasteiger partial charge in [-0.05, 0) is 0 Å². The van der Waals surface area contributed by atoms with E-state index in [0.717, 1.165) is 0 Å². The third-order valence-electron chi connectivity index (χ3n) is 0. The standard InChI is InChI=1S/2Eu.7O.2Ti/q2*+3;7*-2;2*+4. The number of hydrogen-bond acceptors (Lipinski definition) is 0. The molecule has 0 unspecified atom stereocenters. The summed E-state index contributed by atoms with van der Waals surface area (Å²) in [5.74, 6) is 0. The molecule has 0 radical (unpaired) electrons. The Hall–Kier alpha value is 4.32. The van der Waals surface area contributed by atoms with E-state index >= 15 is 0 Å². The van der Waals surface area contributed by atoms with E-state index in [9.17, 15) is 0 Å². The Morgan fingerprint density at radius 1 is 0.273 bits per heavy atom. The molecule has 0 aromatic heterocycles. The van der Waals surface area contributed by atoms with Gasteiger partial charge in [0.15, 0.2) is 0 Å². The van der Waals surface area contributed by atoms with Crippen LogP contribution in [-0.4, -0.2) is 0 Å². The maximum absolute atomic E-state index is 0. The van der Waals surface area contributed by atoms with Crippen LogP contribution in [0, 0.1) is 98.8 Å². The van der Waals surface area contributed by atoms with E-state index in [4.69, 9.17) is 0 Å². The van der Waals surface area contributed by atoms with Crippen molar-refractivity contribution in [2.24, 2.45) is 0 Å². The smallest absolute Gasteiger partial charge is 2.00 e. The summed E-state index contributed by atoms with van der Waals surface area (Å²) in [6.45, 7) is 0. The Kier molecular flexibility index (Phi) is 2090. The molecule has 0 aliphatic carbocycles. The minimum absolute atomic E-state index is 0. The zero-order chi connectivity index (χ0) is 0. The van der Waals surface area contributed by atoms with Crippen LogP contribution in [0.5, 0.6) is 0 Å². The number of hydrogen-bond donors (Lipinski definition) is 0. The molecule has 0 heterocycles. The largest absolute Gasteiger partial charge is 4.00 e. The molecule has 0 bridgehead atoms. The fourth-order valence-corrected chi connectivity index (χ4v) is 0. The third-order valence-corrected chi connectivity index (χ3v) is 0. The van der Waals surface area contributed by atoms with Crippen LogP contribution in [0.4, 0.5) is 0 Å². The van der Waals surface area contributed by atoms with E-state index in [-0.39, 0.29) is 181 Å². The molecule has 7 nitrogen and oxygen atoms in total. The van der Waals surface area contributed by atoms with Gasteiger partial charge in [0.2, 0.25) is 0 Å². The van der Waals surface area contributed by atoms with Crippen molar-refractivity contribution < 1.29 is 181 Å². The van der Waals surface area contributed by atoms with Crippen molar-refractivity contribution in [2.45, 2.75) is 0 Å². The van der Waals surface area contributed by atoms with Gasteiger partial charge >= 0.3 is 142 Å². The first kappa shape index (κ1) is 168. The van der Waals surface area contributed by atoms with Gasteiger partial charge in [-0.3, -0.25) is 0 Å². The molecule has 0 rings (SSSR count). The summed E-state index contributed by atoms with van der Waals surface area (Å²) >= 11 is 0. The Morgan fingerprint density at radius 3 is 0.273 bits per heavy atom. The normalized spacial score (nSPS) is 0. The van der Waals surface area contributed by atoms with Crippen LogP contribution >= 0.6 is 0 Å². The minimum atomic E-state index is 0. The minimum Gasteiger partial charge on any atom is -2.00 e. The SMILES string of the molecule is [Eu+3].[Eu+3].[O-2].[O-2].[O-2].[O-2].[O-2].[O-2].[O-2].[Ti+4].[Ti+4]. The molecule has 0 N–H and O–H groups in total. The van der Waals surface area contributed by atoms with Crippen molar-refractivity contribution in [3.63, 3.8) is 0 Å². The molecule has 0 aliphatic rings. The van der Waals surface area contributed by atoms with Crippen molar-refractivity contribution in [2.75, 3.05) is 0 Å².